The normalized spacial score (nSPS) is 11.6. The topological polar surface area (TPSA) is 85.1 Å². The summed E-state index contributed by atoms with van der Waals surface area (Å²) in [4.78, 5) is 0.256. The van der Waals surface area contributed by atoms with Gasteiger partial charge in [-0.25, -0.2) is 13.1 Å². The van der Waals surface area contributed by atoms with Gasteiger partial charge >= 0.3 is 0 Å². The third kappa shape index (κ3) is 3.78. The van der Waals surface area contributed by atoms with Crippen molar-refractivity contribution in [2.45, 2.75) is 32.2 Å². The molecule has 3 aromatic rings. The molecular weight excluding hydrogens is 338 g/mol. The third-order valence-corrected chi connectivity index (χ3v) is 5.43. The lowest BCUT2D eigenvalue weighted by atomic mass is 10.1. The van der Waals surface area contributed by atoms with Crippen molar-refractivity contribution in [3.63, 3.8) is 0 Å². The summed E-state index contributed by atoms with van der Waals surface area (Å²) in [6.45, 7) is 5.50. The molecular formula is C18H19N3O3S. The van der Waals surface area contributed by atoms with Crippen LogP contribution in [0.1, 0.15) is 22.6 Å². The molecule has 0 saturated heterocycles. The van der Waals surface area contributed by atoms with E-state index in [1.54, 1.807) is 19.1 Å². The van der Waals surface area contributed by atoms with Crippen LogP contribution in [-0.4, -0.2) is 18.6 Å². The largest absolute Gasteiger partial charge is 0.419 e. The second-order valence-corrected chi connectivity index (χ2v) is 7.64. The van der Waals surface area contributed by atoms with Gasteiger partial charge in [-0.15, -0.1) is 10.2 Å². The van der Waals surface area contributed by atoms with E-state index in [-0.39, 0.29) is 17.3 Å². The highest BCUT2D eigenvalue weighted by Crippen LogP contribution is 2.22. The van der Waals surface area contributed by atoms with Gasteiger partial charge in [0.2, 0.25) is 21.8 Å². The van der Waals surface area contributed by atoms with Crippen molar-refractivity contribution in [3.05, 3.63) is 65.0 Å². The predicted molar refractivity (Wildman–Crippen MR) is 94.4 cm³/mol. The van der Waals surface area contributed by atoms with Crippen LogP contribution in [0.2, 0.25) is 0 Å². The molecule has 1 N–H and O–H groups in total. The minimum absolute atomic E-state index is 0.0609. The van der Waals surface area contributed by atoms with Crippen LogP contribution in [0.25, 0.3) is 11.5 Å². The van der Waals surface area contributed by atoms with Gasteiger partial charge in [-0.1, -0.05) is 30.3 Å². The smallest absolute Gasteiger partial charge is 0.248 e. The van der Waals surface area contributed by atoms with Crippen molar-refractivity contribution in [1.29, 1.82) is 0 Å². The first-order valence-electron chi connectivity index (χ1n) is 7.82. The maximum absolute atomic E-state index is 12.5. The Balaban J connectivity index is 1.78. The lowest BCUT2D eigenvalue weighted by Crippen LogP contribution is -2.24. The van der Waals surface area contributed by atoms with Crippen LogP contribution >= 0.6 is 0 Å². The van der Waals surface area contributed by atoms with Gasteiger partial charge in [0.1, 0.15) is 0 Å². The number of nitrogens with zero attached hydrogens (tertiary/aromatic N) is 2. The maximum Gasteiger partial charge on any atom is 0.248 e. The van der Waals surface area contributed by atoms with E-state index in [4.69, 9.17) is 4.42 Å². The molecule has 2 aromatic carbocycles. The summed E-state index contributed by atoms with van der Waals surface area (Å²) in [5, 5.41) is 7.93. The molecule has 0 radical (unpaired) electrons. The van der Waals surface area contributed by atoms with Crippen molar-refractivity contribution in [1.82, 2.24) is 14.9 Å². The Morgan fingerprint density at radius 2 is 1.76 bits per heavy atom. The summed E-state index contributed by atoms with van der Waals surface area (Å²) in [6.07, 6.45) is 0. The fraction of sp³-hybridized carbons (Fsp3) is 0.222. The molecule has 0 unspecified atom stereocenters. The molecule has 3 rings (SSSR count). The first kappa shape index (κ1) is 17.3. The number of sulfonamides is 1. The van der Waals surface area contributed by atoms with E-state index in [1.165, 1.54) is 0 Å². The highest BCUT2D eigenvalue weighted by molar-refractivity contribution is 7.89. The van der Waals surface area contributed by atoms with Crippen molar-refractivity contribution in [3.8, 4) is 11.5 Å². The standard InChI is InChI=1S/C18H19N3O3S/c1-12-8-9-14(3)16(10-12)25(22,23)19-11-17-20-21-18(24-17)15-7-5-4-6-13(15)2/h4-10,19H,11H2,1-3H3. The zero-order valence-electron chi connectivity index (χ0n) is 14.3. The lowest BCUT2D eigenvalue weighted by Gasteiger charge is -2.08. The van der Waals surface area contributed by atoms with Crippen LogP contribution in [-0.2, 0) is 16.6 Å². The molecule has 0 bridgehead atoms. The SMILES string of the molecule is Cc1ccc(C)c(S(=O)(=O)NCc2nnc(-c3ccccc3C)o2)c1. The van der Waals surface area contributed by atoms with Crippen LogP contribution in [0, 0.1) is 20.8 Å². The monoisotopic (exact) mass is 357 g/mol. The molecule has 0 saturated carbocycles. The van der Waals surface area contributed by atoms with Gasteiger partial charge in [0.15, 0.2) is 0 Å². The molecule has 25 heavy (non-hydrogen) atoms. The average molecular weight is 357 g/mol. The van der Waals surface area contributed by atoms with Gasteiger partial charge in [0.05, 0.1) is 11.4 Å². The summed E-state index contributed by atoms with van der Waals surface area (Å²) < 4.78 is 33.1. The van der Waals surface area contributed by atoms with Crippen LogP contribution in [0.15, 0.2) is 51.8 Å². The molecule has 0 atom stereocenters. The summed E-state index contributed by atoms with van der Waals surface area (Å²) >= 11 is 0. The molecule has 6 nitrogen and oxygen atoms in total. The molecule has 0 fully saturated rings. The number of hydrogen-bond acceptors (Lipinski definition) is 5. The molecule has 0 aliphatic rings. The highest BCUT2D eigenvalue weighted by atomic mass is 32.2. The van der Waals surface area contributed by atoms with Crippen LogP contribution < -0.4 is 4.72 Å². The van der Waals surface area contributed by atoms with E-state index in [2.05, 4.69) is 14.9 Å². The second kappa shape index (κ2) is 6.78. The molecule has 7 heteroatoms. The van der Waals surface area contributed by atoms with Gasteiger partial charge in [0.25, 0.3) is 0 Å². The minimum Gasteiger partial charge on any atom is -0.419 e. The summed E-state index contributed by atoms with van der Waals surface area (Å²) in [6, 6.07) is 12.9. The first-order chi connectivity index (χ1) is 11.9. The third-order valence-electron chi connectivity index (χ3n) is 3.89. The number of nitrogens with one attached hydrogen (secondary N) is 1. The molecule has 0 aliphatic heterocycles. The summed E-state index contributed by atoms with van der Waals surface area (Å²) in [5.41, 5.74) is 3.40. The molecule has 0 amide bonds. The van der Waals surface area contributed by atoms with E-state index < -0.39 is 10.0 Å². The van der Waals surface area contributed by atoms with Crippen molar-refractivity contribution in [2.75, 3.05) is 0 Å². The van der Waals surface area contributed by atoms with Gasteiger partial charge in [-0.05, 0) is 49.6 Å². The molecule has 0 spiro atoms. The van der Waals surface area contributed by atoms with Gasteiger partial charge in [-0.3, -0.25) is 0 Å². The fourth-order valence-corrected chi connectivity index (χ4v) is 3.78. The first-order valence-corrected chi connectivity index (χ1v) is 9.30. The second-order valence-electron chi connectivity index (χ2n) is 5.91. The Hall–Kier alpha value is -2.51. The van der Waals surface area contributed by atoms with E-state index in [1.807, 2.05) is 44.2 Å². The molecule has 0 aliphatic carbocycles. The number of aryl methyl sites for hydroxylation is 3. The maximum atomic E-state index is 12.5. The Bertz CT molecular complexity index is 1010. The van der Waals surface area contributed by atoms with E-state index in [9.17, 15) is 8.42 Å². The van der Waals surface area contributed by atoms with E-state index in [0.717, 1.165) is 16.7 Å². The zero-order chi connectivity index (χ0) is 18.0. The average Bonchev–Trinajstić information content (AvgIpc) is 3.04. The van der Waals surface area contributed by atoms with Crippen molar-refractivity contribution in [2.24, 2.45) is 0 Å². The fourth-order valence-electron chi connectivity index (χ4n) is 2.48. The molecule has 1 aromatic heterocycles. The van der Waals surface area contributed by atoms with Crippen LogP contribution in [0.3, 0.4) is 0 Å². The molecule has 1 heterocycles. The van der Waals surface area contributed by atoms with Crippen LogP contribution in [0.4, 0.5) is 0 Å². The molecule has 130 valence electrons. The Morgan fingerprint density at radius 1 is 1.00 bits per heavy atom. The number of hydrogen-bond donors (Lipinski definition) is 1. The van der Waals surface area contributed by atoms with Crippen molar-refractivity contribution >= 4 is 10.0 Å². The Labute approximate surface area is 147 Å². The highest BCUT2D eigenvalue weighted by Gasteiger charge is 2.18. The van der Waals surface area contributed by atoms with Gasteiger partial charge in [-0.2, -0.15) is 0 Å². The zero-order valence-corrected chi connectivity index (χ0v) is 15.1. The Kier molecular flexibility index (Phi) is 4.69. The number of rotatable bonds is 5. The van der Waals surface area contributed by atoms with E-state index >= 15 is 0 Å². The summed E-state index contributed by atoms with van der Waals surface area (Å²) in [7, 11) is -3.65. The van der Waals surface area contributed by atoms with Gasteiger partial charge in [0, 0.05) is 5.56 Å². The summed E-state index contributed by atoms with van der Waals surface area (Å²) in [5.74, 6) is 0.589. The lowest BCUT2D eigenvalue weighted by molar-refractivity contribution is 0.494. The van der Waals surface area contributed by atoms with Gasteiger partial charge < -0.3 is 4.42 Å². The van der Waals surface area contributed by atoms with Crippen LogP contribution in [0.5, 0.6) is 0 Å². The number of aromatic nitrogens is 2. The van der Waals surface area contributed by atoms with Crippen molar-refractivity contribution < 1.29 is 12.8 Å². The number of benzene rings is 2. The Morgan fingerprint density at radius 3 is 2.52 bits per heavy atom. The quantitative estimate of drug-likeness (QED) is 0.758. The predicted octanol–water partition coefficient (Wildman–Crippen LogP) is 3.14. The van der Waals surface area contributed by atoms with E-state index in [0.29, 0.717) is 11.5 Å². The minimum atomic E-state index is -3.65.